The number of carbonyl (C=O) groups excluding carboxylic acids is 3. The molecule has 0 radical (unpaired) electrons. The molecule has 4 nitrogen and oxygen atoms in total. The van der Waals surface area contributed by atoms with Gasteiger partial charge in [-0.3, -0.25) is 19.7 Å². The maximum atomic E-state index is 11.1. The van der Waals surface area contributed by atoms with Crippen LogP contribution in [0.25, 0.3) is 0 Å². The third kappa shape index (κ3) is 2.30. The molecule has 1 aliphatic heterocycles. The van der Waals surface area contributed by atoms with Crippen LogP contribution in [-0.2, 0) is 14.4 Å². The fourth-order valence-electron chi connectivity index (χ4n) is 0.938. The third-order valence-electron chi connectivity index (χ3n) is 1.41. The Kier molecular flexibility index (Phi) is 2.47. The fraction of sp³-hybridized carbons (Fsp3) is 0.625. The van der Waals surface area contributed by atoms with E-state index in [0.717, 1.165) is 0 Å². The number of hydrogen-bond donors (Lipinski definition) is 1. The van der Waals surface area contributed by atoms with E-state index in [1.54, 1.807) is 0 Å². The second-order valence-electron chi connectivity index (χ2n) is 3.79. The summed E-state index contributed by atoms with van der Waals surface area (Å²) in [6.45, 7) is 5.67. The van der Waals surface area contributed by atoms with Crippen LogP contribution in [0, 0.1) is 0 Å². The lowest BCUT2D eigenvalue weighted by molar-refractivity contribution is -0.134. The second-order valence-corrected chi connectivity index (χ2v) is 5.72. The minimum absolute atomic E-state index is 0.206. The van der Waals surface area contributed by atoms with Crippen molar-refractivity contribution in [3.63, 3.8) is 0 Å². The lowest BCUT2D eigenvalue weighted by atomic mass is 10.3. The average molecular weight is 201 g/mol. The summed E-state index contributed by atoms with van der Waals surface area (Å²) >= 11 is 1.20. The van der Waals surface area contributed by atoms with Gasteiger partial charge >= 0.3 is 0 Å². The van der Waals surface area contributed by atoms with Gasteiger partial charge < -0.3 is 0 Å². The summed E-state index contributed by atoms with van der Waals surface area (Å²) in [5.41, 5.74) is 0. The van der Waals surface area contributed by atoms with Crippen LogP contribution in [0.15, 0.2) is 0 Å². The number of rotatable bonds is 1. The van der Waals surface area contributed by atoms with Crippen molar-refractivity contribution in [1.29, 1.82) is 0 Å². The van der Waals surface area contributed by atoms with Gasteiger partial charge in [0, 0.05) is 4.75 Å². The largest absolute Gasteiger partial charge is 0.295 e. The summed E-state index contributed by atoms with van der Waals surface area (Å²) < 4.78 is -0.206. The lowest BCUT2D eigenvalue weighted by Crippen LogP contribution is -2.27. The fourth-order valence-corrected chi connectivity index (χ4v) is 2.02. The van der Waals surface area contributed by atoms with Gasteiger partial charge in [-0.1, -0.05) is 20.8 Å². The lowest BCUT2D eigenvalue weighted by Gasteiger charge is -2.19. The molecule has 0 saturated carbocycles. The Bertz CT molecular complexity index is 280. The van der Waals surface area contributed by atoms with Crippen molar-refractivity contribution in [2.45, 2.75) is 30.8 Å². The van der Waals surface area contributed by atoms with Crippen molar-refractivity contribution in [2.24, 2.45) is 0 Å². The number of carbonyl (C=O) groups is 3. The first-order valence-corrected chi connectivity index (χ1v) is 4.76. The first-order chi connectivity index (χ1) is 5.81. The highest BCUT2D eigenvalue weighted by atomic mass is 32.2. The molecule has 1 atom stereocenters. The van der Waals surface area contributed by atoms with Crippen LogP contribution in [0.5, 0.6) is 0 Å². The van der Waals surface area contributed by atoms with Crippen molar-refractivity contribution < 1.29 is 14.4 Å². The summed E-state index contributed by atoms with van der Waals surface area (Å²) in [4.78, 5) is 33.0. The molecule has 1 N–H and O–H groups in total. The molecule has 0 aromatic heterocycles. The Morgan fingerprint density at radius 2 is 1.77 bits per heavy atom. The number of thioether (sulfide) groups is 1. The van der Waals surface area contributed by atoms with Gasteiger partial charge in [-0.2, -0.15) is 0 Å². The van der Waals surface area contributed by atoms with Crippen LogP contribution in [0.1, 0.15) is 20.8 Å². The molecule has 0 aromatic rings. The van der Waals surface area contributed by atoms with E-state index >= 15 is 0 Å². The quantitative estimate of drug-likeness (QED) is 0.371. The number of nitrogens with one attached hydrogen (secondary N) is 1. The number of ketones is 1. The van der Waals surface area contributed by atoms with Gasteiger partial charge in [-0.05, 0) is 0 Å². The maximum absolute atomic E-state index is 11.1. The number of amides is 2. The molecule has 1 saturated heterocycles. The van der Waals surface area contributed by atoms with E-state index in [1.807, 2.05) is 26.1 Å². The molecule has 5 heteroatoms. The van der Waals surface area contributed by atoms with Gasteiger partial charge in [0.05, 0.1) is 0 Å². The highest BCUT2D eigenvalue weighted by Gasteiger charge is 2.42. The average Bonchev–Trinajstić information content (AvgIpc) is 2.14. The van der Waals surface area contributed by atoms with Crippen LogP contribution in [0.4, 0.5) is 0 Å². The maximum Gasteiger partial charge on any atom is 0.295 e. The molecule has 1 unspecified atom stereocenters. The van der Waals surface area contributed by atoms with E-state index in [2.05, 4.69) is 0 Å². The van der Waals surface area contributed by atoms with Crippen LogP contribution in [-0.4, -0.2) is 27.6 Å². The van der Waals surface area contributed by atoms with Crippen LogP contribution in [0.2, 0.25) is 0 Å². The molecular formula is C8H11NO3S. The summed E-state index contributed by atoms with van der Waals surface area (Å²) in [6.07, 6.45) is 0. The van der Waals surface area contributed by atoms with Crippen molar-refractivity contribution in [2.75, 3.05) is 0 Å². The summed E-state index contributed by atoms with van der Waals surface area (Å²) in [5, 5.41) is 1.14. The van der Waals surface area contributed by atoms with Crippen molar-refractivity contribution in [3.8, 4) is 0 Å². The van der Waals surface area contributed by atoms with E-state index in [9.17, 15) is 14.4 Å². The molecule has 0 aliphatic carbocycles. The highest BCUT2D eigenvalue weighted by molar-refractivity contribution is 8.02. The first kappa shape index (κ1) is 10.2. The Hall–Kier alpha value is -0.840. The minimum Gasteiger partial charge on any atom is -0.288 e. The van der Waals surface area contributed by atoms with E-state index in [-0.39, 0.29) is 4.75 Å². The molecule has 1 aliphatic rings. The van der Waals surface area contributed by atoms with E-state index in [1.165, 1.54) is 11.8 Å². The number of imide groups is 1. The summed E-state index contributed by atoms with van der Waals surface area (Å²) in [5.74, 6) is -1.91. The highest BCUT2D eigenvalue weighted by Crippen LogP contribution is 2.30. The van der Waals surface area contributed by atoms with Gasteiger partial charge in [0.2, 0.25) is 11.7 Å². The van der Waals surface area contributed by atoms with Crippen LogP contribution < -0.4 is 5.32 Å². The monoisotopic (exact) mass is 201 g/mol. The zero-order chi connectivity index (χ0) is 10.2. The van der Waals surface area contributed by atoms with Gasteiger partial charge in [-0.15, -0.1) is 11.8 Å². The topological polar surface area (TPSA) is 63.2 Å². The molecular weight excluding hydrogens is 190 g/mol. The first-order valence-electron chi connectivity index (χ1n) is 3.88. The summed E-state index contributed by atoms with van der Waals surface area (Å²) in [7, 11) is 0. The number of Topliss-reactive ketones (excluding diaryl/α,β-unsaturated/α-hetero) is 1. The van der Waals surface area contributed by atoms with Gasteiger partial charge in [0.1, 0.15) is 0 Å². The zero-order valence-corrected chi connectivity index (χ0v) is 8.53. The molecule has 1 fully saturated rings. The predicted octanol–water partition coefficient (Wildman–Crippen LogP) is 0.112. The van der Waals surface area contributed by atoms with Gasteiger partial charge in [0.25, 0.3) is 5.91 Å². The Balaban J connectivity index is 2.76. The molecule has 0 aromatic carbocycles. The van der Waals surface area contributed by atoms with Gasteiger partial charge in [-0.25, -0.2) is 0 Å². The molecule has 13 heavy (non-hydrogen) atoms. The second kappa shape index (κ2) is 3.14. The van der Waals surface area contributed by atoms with Gasteiger partial charge in [0.15, 0.2) is 5.25 Å². The Labute approximate surface area is 80.4 Å². The molecule has 0 spiro atoms. The molecule has 0 bridgehead atoms. The third-order valence-corrected chi connectivity index (χ3v) is 2.78. The van der Waals surface area contributed by atoms with Crippen molar-refractivity contribution >= 4 is 29.4 Å². The Morgan fingerprint density at radius 1 is 1.23 bits per heavy atom. The molecule has 1 heterocycles. The number of hydrogen-bond acceptors (Lipinski definition) is 4. The van der Waals surface area contributed by atoms with E-state index in [4.69, 9.17) is 0 Å². The SMILES string of the molecule is CC(C)(C)SC1C(=O)NC(=O)C1=O. The van der Waals surface area contributed by atoms with Crippen molar-refractivity contribution in [1.82, 2.24) is 5.32 Å². The zero-order valence-electron chi connectivity index (χ0n) is 7.71. The van der Waals surface area contributed by atoms with Crippen LogP contribution >= 0.6 is 11.8 Å². The molecule has 2 amide bonds. The predicted molar refractivity (Wildman–Crippen MR) is 49.3 cm³/mol. The summed E-state index contributed by atoms with van der Waals surface area (Å²) in [6, 6.07) is 0. The molecule has 72 valence electrons. The van der Waals surface area contributed by atoms with Crippen molar-refractivity contribution in [3.05, 3.63) is 0 Å². The van der Waals surface area contributed by atoms with Crippen LogP contribution in [0.3, 0.4) is 0 Å². The standard InChI is InChI=1S/C8H11NO3S/c1-8(2,3)13-5-4(10)6(11)9-7(5)12/h5H,1-3H3,(H,9,11,12). The minimum atomic E-state index is -0.854. The van der Waals surface area contributed by atoms with E-state index < -0.39 is 22.8 Å². The Morgan fingerprint density at radius 3 is 2.08 bits per heavy atom. The van der Waals surface area contributed by atoms with E-state index in [0.29, 0.717) is 0 Å². The molecule has 1 rings (SSSR count). The smallest absolute Gasteiger partial charge is 0.288 e. The normalized spacial score (nSPS) is 23.6.